The van der Waals surface area contributed by atoms with Crippen molar-refractivity contribution in [3.8, 4) is 0 Å². The first-order valence-electron chi connectivity index (χ1n) is 6.20. The maximum absolute atomic E-state index is 9.57. The largest absolute Gasteiger partial charge is 0.393 e. The molecule has 18 heavy (non-hydrogen) atoms. The van der Waals surface area contributed by atoms with Gasteiger partial charge in [0, 0.05) is 24.5 Å². The number of aliphatic hydroxyl groups is 1. The molecule has 98 valence electrons. The zero-order valence-electron chi connectivity index (χ0n) is 10.8. The first-order valence-corrected chi connectivity index (χ1v) is 6.61. The van der Waals surface area contributed by atoms with Gasteiger partial charge in [-0.2, -0.15) is 0 Å². The molecule has 0 radical (unpaired) electrons. The predicted octanol–water partition coefficient (Wildman–Crippen LogP) is 1.29. The average Bonchev–Trinajstić information content (AvgIpc) is 2.28. The van der Waals surface area contributed by atoms with Gasteiger partial charge in [0.05, 0.1) is 17.4 Å². The number of aryl methyl sites for hydroxylation is 2. The van der Waals surface area contributed by atoms with Gasteiger partial charge in [0.2, 0.25) is 0 Å². The zero-order valence-corrected chi connectivity index (χ0v) is 11.6. The summed E-state index contributed by atoms with van der Waals surface area (Å²) >= 11 is 5.13. The van der Waals surface area contributed by atoms with Gasteiger partial charge in [-0.05, 0) is 32.8 Å². The SMILES string of the molecule is Cc1cc(N2CCC(O)CC2)c(C(N)=S)c(C)n1. The Morgan fingerprint density at radius 2 is 2.06 bits per heavy atom. The molecule has 3 N–H and O–H groups in total. The Bertz CT molecular complexity index is 468. The van der Waals surface area contributed by atoms with Crippen LogP contribution in [0, 0.1) is 13.8 Å². The molecular weight excluding hydrogens is 246 g/mol. The molecule has 0 unspecified atom stereocenters. The van der Waals surface area contributed by atoms with Crippen LogP contribution in [0.2, 0.25) is 0 Å². The van der Waals surface area contributed by atoms with Gasteiger partial charge in [-0.3, -0.25) is 4.98 Å². The molecule has 1 aromatic heterocycles. The van der Waals surface area contributed by atoms with Crippen LogP contribution in [-0.4, -0.2) is 34.3 Å². The third-order valence-corrected chi connectivity index (χ3v) is 3.56. The number of aliphatic hydroxyl groups excluding tert-OH is 1. The maximum Gasteiger partial charge on any atom is 0.107 e. The van der Waals surface area contributed by atoms with Gasteiger partial charge in [-0.1, -0.05) is 12.2 Å². The quantitative estimate of drug-likeness (QED) is 0.789. The maximum atomic E-state index is 9.57. The van der Waals surface area contributed by atoms with Crippen LogP contribution in [-0.2, 0) is 0 Å². The molecule has 5 heteroatoms. The predicted molar refractivity (Wildman–Crippen MR) is 77.1 cm³/mol. The minimum absolute atomic E-state index is 0.182. The number of nitrogens with two attached hydrogens (primary N) is 1. The van der Waals surface area contributed by atoms with E-state index in [2.05, 4.69) is 9.88 Å². The number of rotatable bonds is 2. The van der Waals surface area contributed by atoms with Gasteiger partial charge in [-0.15, -0.1) is 0 Å². The van der Waals surface area contributed by atoms with E-state index in [1.54, 1.807) is 0 Å². The molecule has 1 aliphatic heterocycles. The van der Waals surface area contributed by atoms with Crippen molar-refractivity contribution < 1.29 is 5.11 Å². The fourth-order valence-corrected chi connectivity index (χ4v) is 2.72. The lowest BCUT2D eigenvalue weighted by molar-refractivity contribution is 0.145. The monoisotopic (exact) mass is 265 g/mol. The summed E-state index contributed by atoms with van der Waals surface area (Å²) in [5.41, 5.74) is 9.58. The van der Waals surface area contributed by atoms with E-state index in [-0.39, 0.29) is 6.10 Å². The second kappa shape index (κ2) is 5.20. The molecule has 1 saturated heterocycles. The molecule has 1 aromatic rings. The first-order chi connectivity index (χ1) is 8.49. The summed E-state index contributed by atoms with van der Waals surface area (Å²) in [4.78, 5) is 7.05. The van der Waals surface area contributed by atoms with Gasteiger partial charge in [0.25, 0.3) is 0 Å². The van der Waals surface area contributed by atoms with Crippen LogP contribution < -0.4 is 10.6 Å². The van der Waals surface area contributed by atoms with Crippen LogP contribution in [0.1, 0.15) is 29.8 Å². The Kier molecular flexibility index (Phi) is 3.82. The van der Waals surface area contributed by atoms with Crippen molar-refractivity contribution in [3.63, 3.8) is 0 Å². The van der Waals surface area contributed by atoms with Gasteiger partial charge in [0.15, 0.2) is 0 Å². The van der Waals surface area contributed by atoms with E-state index in [4.69, 9.17) is 18.0 Å². The number of hydrogen-bond donors (Lipinski definition) is 2. The Morgan fingerprint density at radius 3 is 2.61 bits per heavy atom. The van der Waals surface area contributed by atoms with E-state index >= 15 is 0 Å². The van der Waals surface area contributed by atoms with Crippen LogP contribution in [0.4, 0.5) is 5.69 Å². The van der Waals surface area contributed by atoms with E-state index in [0.717, 1.165) is 48.6 Å². The van der Waals surface area contributed by atoms with E-state index in [1.807, 2.05) is 19.9 Å². The van der Waals surface area contributed by atoms with Crippen LogP contribution in [0.25, 0.3) is 0 Å². The molecule has 0 aromatic carbocycles. The Hall–Kier alpha value is -1.20. The zero-order chi connectivity index (χ0) is 13.3. The summed E-state index contributed by atoms with van der Waals surface area (Å²) in [5, 5.41) is 9.57. The number of pyridine rings is 1. The molecular formula is C13H19N3OS. The van der Waals surface area contributed by atoms with E-state index in [9.17, 15) is 5.11 Å². The van der Waals surface area contributed by atoms with E-state index in [0.29, 0.717) is 4.99 Å². The number of hydrogen-bond acceptors (Lipinski definition) is 4. The normalized spacial score (nSPS) is 16.9. The molecule has 1 aliphatic rings. The van der Waals surface area contributed by atoms with Crippen molar-refractivity contribution in [2.75, 3.05) is 18.0 Å². The highest BCUT2D eigenvalue weighted by molar-refractivity contribution is 7.80. The van der Waals surface area contributed by atoms with Crippen LogP contribution in [0.15, 0.2) is 6.07 Å². The molecule has 0 aliphatic carbocycles. The van der Waals surface area contributed by atoms with Crippen molar-refractivity contribution in [1.29, 1.82) is 0 Å². The summed E-state index contributed by atoms with van der Waals surface area (Å²) in [6.45, 7) is 5.57. The smallest absolute Gasteiger partial charge is 0.107 e. The summed E-state index contributed by atoms with van der Waals surface area (Å²) in [5.74, 6) is 0. The van der Waals surface area contributed by atoms with Crippen molar-refractivity contribution in [3.05, 3.63) is 23.0 Å². The highest BCUT2D eigenvalue weighted by Gasteiger charge is 2.21. The van der Waals surface area contributed by atoms with Gasteiger partial charge < -0.3 is 15.7 Å². The van der Waals surface area contributed by atoms with E-state index < -0.39 is 0 Å². The van der Waals surface area contributed by atoms with Crippen molar-refractivity contribution >= 4 is 22.9 Å². The molecule has 0 spiro atoms. The molecule has 0 atom stereocenters. The number of anilines is 1. The van der Waals surface area contributed by atoms with Crippen LogP contribution in [0.3, 0.4) is 0 Å². The highest BCUT2D eigenvalue weighted by atomic mass is 32.1. The van der Waals surface area contributed by atoms with Crippen LogP contribution in [0.5, 0.6) is 0 Å². The fraction of sp³-hybridized carbons (Fsp3) is 0.538. The van der Waals surface area contributed by atoms with Crippen molar-refractivity contribution in [1.82, 2.24) is 4.98 Å². The number of nitrogens with zero attached hydrogens (tertiary/aromatic N) is 2. The van der Waals surface area contributed by atoms with Crippen LogP contribution >= 0.6 is 12.2 Å². The van der Waals surface area contributed by atoms with E-state index in [1.165, 1.54) is 0 Å². The topological polar surface area (TPSA) is 62.4 Å². The number of aromatic nitrogens is 1. The third-order valence-electron chi connectivity index (χ3n) is 3.36. The first kappa shape index (κ1) is 13.2. The Morgan fingerprint density at radius 1 is 1.44 bits per heavy atom. The van der Waals surface area contributed by atoms with Crippen molar-refractivity contribution in [2.45, 2.75) is 32.8 Å². The second-order valence-corrected chi connectivity index (χ2v) is 5.27. The average molecular weight is 265 g/mol. The molecule has 2 heterocycles. The summed E-state index contributed by atoms with van der Waals surface area (Å²) in [6, 6.07) is 2.03. The lowest BCUT2D eigenvalue weighted by atomic mass is 10.0. The summed E-state index contributed by atoms with van der Waals surface area (Å²) in [6.07, 6.45) is 1.40. The molecule has 0 saturated carbocycles. The molecule has 4 nitrogen and oxygen atoms in total. The van der Waals surface area contributed by atoms with Gasteiger partial charge >= 0.3 is 0 Å². The Balaban J connectivity index is 2.39. The minimum Gasteiger partial charge on any atom is -0.393 e. The fourth-order valence-electron chi connectivity index (χ4n) is 2.47. The standard InChI is InChI=1S/C13H19N3OS/c1-8-7-11(12(13(14)18)9(2)15-8)16-5-3-10(17)4-6-16/h7,10,17H,3-6H2,1-2H3,(H2,14,18). The second-order valence-electron chi connectivity index (χ2n) is 4.83. The summed E-state index contributed by atoms with van der Waals surface area (Å²) < 4.78 is 0. The number of piperidine rings is 1. The lowest BCUT2D eigenvalue weighted by Gasteiger charge is -2.33. The van der Waals surface area contributed by atoms with Crippen molar-refractivity contribution in [2.24, 2.45) is 5.73 Å². The minimum atomic E-state index is -0.182. The molecule has 0 bridgehead atoms. The highest BCUT2D eigenvalue weighted by Crippen LogP contribution is 2.26. The summed E-state index contributed by atoms with van der Waals surface area (Å²) in [7, 11) is 0. The molecule has 0 amide bonds. The number of thiocarbonyl (C=S) groups is 1. The molecule has 1 fully saturated rings. The third kappa shape index (κ3) is 2.62. The van der Waals surface area contributed by atoms with Gasteiger partial charge in [-0.25, -0.2) is 0 Å². The molecule has 2 rings (SSSR count). The Labute approximate surface area is 113 Å². The lowest BCUT2D eigenvalue weighted by Crippen LogP contribution is -2.37. The van der Waals surface area contributed by atoms with Gasteiger partial charge in [0.1, 0.15) is 4.99 Å².